The van der Waals surface area contributed by atoms with Gasteiger partial charge in [-0.2, -0.15) is 11.8 Å². The van der Waals surface area contributed by atoms with Crippen LogP contribution in [0.2, 0.25) is 0 Å². The lowest BCUT2D eigenvalue weighted by Gasteiger charge is -2.20. The van der Waals surface area contributed by atoms with Crippen LogP contribution < -0.4 is 10.6 Å². The molecule has 16 heavy (non-hydrogen) atoms. The van der Waals surface area contributed by atoms with Gasteiger partial charge in [-0.1, -0.05) is 6.92 Å². The lowest BCUT2D eigenvalue weighted by Crippen LogP contribution is -2.37. The molecule has 0 aromatic rings. The van der Waals surface area contributed by atoms with Gasteiger partial charge in [-0.05, 0) is 37.3 Å². The summed E-state index contributed by atoms with van der Waals surface area (Å²) in [6.07, 6.45) is 3.26. The Bertz CT molecular complexity index is 187. The smallest absolute Gasteiger partial charge is 0.223 e. The molecule has 0 aromatic carbocycles. The summed E-state index contributed by atoms with van der Waals surface area (Å²) < 4.78 is 0. The van der Waals surface area contributed by atoms with Gasteiger partial charge in [0.05, 0.1) is 0 Å². The van der Waals surface area contributed by atoms with Crippen molar-refractivity contribution in [3.8, 4) is 0 Å². The minimum Gasteiger partial charge on any atom is -0.355 e. The predicted octanol–water partition coefficient (Wildman–Crippen LogP) is 1.67. The van der Waals surface area contributed by atoms with Crippen molar-refractivity contribution in [3.63, 3.8) is 0 Å². The van der Waals surface area contributed by atoms with Crippen LogP contribution in [0.5, 0.6) is 0 Å². The molecule has 1 saturated heterocycles. The highest BCUT2D eigenvalue weighted by molar-refractivity contribution is 7.99. The molecular formula is C11H23ClN2OS. The van der Waals surface area contributed by atoms with Crippen LogP contribution in [0.4, 0.5) is 0 Å². The van der Waals surface area contributed by atoms with E-state index in [1.165, 1.54) is 0 Å². The zero-order valence-corrected chi connectivity index (χ0v) is 11.6. The quantitative estimate of drug-likeness (QED) is 0.719. The molecule has 1 heterocycles. The number of thioether (sulfide) groups is 1. The molecule has 0 aromatic heterocycles. The Morgan fingerprint density at radius 1 is 1.25 bits per heavy atom. The maximum absolute atomic E-state index is 11.7. The SMILES string of the molecule is CCCNCCNC(=O)C1CCSCC1.Cl. The maximum atomic E-state index is 11.7. The largest absolute Gasteiger partial charge is 0.355 e. The predicted molar refractivity (Wildman–Crippen MR) is 73.5 cm³/mol. The zero-order valence-electron chi connectivity index (χ0n) is 9.96. The number of halogens is 1. The Labute approximate surface area is 109 Å². The molecule has 0 aliphatic carbocycles. The fourth-order valence-corrected chi connectivity index (χ4v) is 2.79. The highest BCUT2D eigenvalue weighted by Gasteiger charge is 2.20. The van der Waals surface area contributed by atoms with Crippen LogP contribution in [0.3, 0.4) is 0 Å². The molecule has 3 nitrogen and oxygen atoms in total. The fourth-order valence-electron chi connectivity index (χ4n) is 1.68. The number of rotatable bonds is 6. The number of carbonyl (C=O) groups is 1. The van der Waals surface area contributed by atoms with Gasteiger partial charge in [-0.3, -0.25) is 4.79 Å². The van der Waals surface area contributed by atoms with Crippen LogP contribution in [-0.2, 0) is 4.79 Å². The van der Waals surface area contributed by atoms with Gasteiger partial charge >= 0.3 is 0 Å². The number of nitrogens with one attached hydrogen (secondary N) is 2. The van der Waals surface area contributed by atoms with Crippen LogP contribution in [0.1, 0.15) is 26.2 Å². The molecule has 0 atom stereocenters. The van der Waals surface area contributed by atoms with Crippen LogP contribution in [0, 0.1) is 5.92 Å². The summed E-state index contributed by atoms with van der Waals surface area (Å²) >= 11 is 1.96. The minimum absolute atomic E-state index is 0. The molecule has 1 fully saturated rings. The second-order valence-corrected chi connectivity index (χ2v) is 5.15. The van der Waals surface area contributed by atoms with Crippen LogP contribution in [-0.4, -0.2) is 37.0 Å². The number of carbonyl (C=O) groups excluding carboxylic acids is 1. The van der Waals surface area contributed by atoms with Gasteiger partial charge in [-0.15, -0.1) is 12.4 Å². The van der Waals surface area contributed by atoms with E-state index in [0.29, 0.717) is 0 Å². The van der Waals surface area contributed by atoms with E-state index < -0.39 is 0 Å². The zero-order chi connectivity index (χ0) is 10.9. The third kappa shape index (κ3) is 6.61. The van der Waals surface area contributed by atoms with E-state index in [0.717, 1.165) is 50.4 Å². The first-order valence-corrected chi connectivity index (χ1v) is 7.06. The van der Waals surface area contributed by atoms with Gasteiger partial charge < -0.3 is 10.6 Å². The summed E-state index contributed by atoms with van der Waals surface area (Å²) in [4.78, 5) is 11.7. The van der Waals surface area contributed by atoms with Crippen molar-refractivity contribution in [3.05, 3.63) is 0 Å². The van der Waals surface area contributed by atoms with Crippen molar-refractivity contribution in [2.24, 2.45) is 5.92 Å². The van der Waals surface area contributed by atoms with Gasteiger partial charge in [-0.25, -0.2) is 0 Å². The Morgan fingerprint density at radius 3 is 2.56 bits per heavy atom. The van der Waals surface area contributed by atoms with E-state index in [9.17, 15) is 4.79 Å². The molecule has 1 aliphatic heterocycles. The van der Waals surface area contributed by atoms with E-state index in [1.54, 1.807) is 0 Å². The van der Waals surface area contributed by atoms with Crippen molar-refractivity contribution in [2.75, 3.05) is 31.1 Å². The third-order valence-corrected chi connectivity index (χ3v) is 3.67. The first-order valence-electron chi connectivity index (χ1n) is 5.90. The molecule has 0 unspecified atom stereocenters. The van der Waals surface area contributed by atoms with Crippen molar-refractivity contribution < 1.29 is 4.79 Å². The van der Waals surface area contributed by atoms with Gasteiger partial charge in [0.15, 0.2) is 0 Å². The van der Waals surface area contributed by atoms with Gasteiger partial charge in [0.2, 0.25) is 5.91 Å². The molecule has 96 valence electrons. The minimum atomic E-state index is 0. The molecule has 0 spiro atoms. The Morgan fingerprint density at radius 2 is 1.94 bits per heavy atom. The van der Waals surface area contributed by atoms with Gasteiger partial charge in [0.1, 0.15) is 0 Å². The number of hydrogen-bond acceptors (Lipinski definition) is 3. The second-order valence-electron chi connectivity index (χ2n) is 3.93. The summed E-state index contributed by atoms with van der Waals surface area (Å²) in [7, 11) is 0. The lowest BCUT2D eigenvalue weighted by molar-refractivity contribution is -0.125. The molecule has 0 saturated carbocycles. The van der Waals surface area contributed by atoms with Crippen molar-refractivity contribution in [1.29, 1.82) is 0 Å². The molecule has 0 radical (unpaired) electrons. The highest BCUT2D eigenvalue weighted by atomic mass is 35.5. The monoisotopic (exact) mass is 266 g/mol. The maximum Gasteiger partial charge on any atom is 0.223 e. The summed E-state index contributed by atoms with van der Waals surface area (Å²) in [5.74, 6) is 2.82. The molecule has 2 N–H and O–H groups in total. The number of amides is 1. The highest BCUT2D eigenvalue weighted by Crippen LogP contribution is 2.22. The van der Waals surface area contributed by atoms with Gasteiger partial charge in [0.25, 0.3) is 0 Å². The normalized spacial score (nSPS) is 16.6. The molecule has 0 bridgehead atoms. The Kier molecular flexibility index (Phi) is 10.3. The van der Waals surface area contributed by atoms with Crippen LogP contribution >= 0.6 is 24.2 Å². The fraction of sp³-hybridized carbons (Fsp3) is 0.909. The topological polar surface area (TPSA) is 41.1 Å². The second kappa shape index (κ2) is 10.2. The molecule has 1 aliphatic rings. The summed E-state index contributed by atoms with van der Waals surface area (Å²) in [5.41, 5.74) is 0. The van der Waals surface area contributed by atoms with Crippen molar-refractivity contribution in [2.45, 2.75) is 26.2 Å². The molecular weight excluding hydrogens is 244 g/mol. The molecule has 1 amide bonds. The van der Waals surface area contributed by atoms with E-state index >= 15 is 0 Å². The summed E-state index contributed by atoms with van der Waals surface area (Å²) in [6, 6.07) is 0. The first kappa shape index (κ1) is 16.1. The van der Waals surface area contributed by atoms with Crippen molar-refractivity contribution in [1.82, 2.24) is 10.6 Å². The van der Waals surface area contributed by atoms with E-state index in [-0.39, 0.29) is 24.2 Å². The summed E-state index contributed by atoms with van der Waals surface area (Å²) in [6.45, 7) is 4.84. The standard InChI is InChI=1S/C11H22N2OS.ClH/c1-2-5-12-6-7-13-11(14)10-3-8-15-9-4-10;/h10,12H,2-9H2,1H3,(H,13,14);1H. The molecule has 5 heteroatoms. The van der Waals surface area contributed by atoms with Crippen molar-refractivity contribution >= 4 is 30.1 Å². The van der Waals surface area contributed by atoms with E-state index in [2.05, 4.69) is 17.6 Å². The Hall–Kier alpha value is 0.0700. The van der Waals surface area contributed by atoms with Gasteiger partial charge in [0, 0.05) is 19.0 Å². The Balaban J connectivity index is 0.00000225. The average Bonchev–Trinajstić information content (AvgIpc) is 2.30. The average molecular weight is 267 g/mol. The third-order valence-electron chi connectivity index (χ3n) is 2.62. The van der Waals surface area contributed by atoms with E-state index in [4.69, 9.17) is 0 Å². The lowest BCUT2D eigenvalue weighted by atomic mass is 10.0. The summed E-state index contributed by atoms with van der Waals surface area (Å²) in [5, 5.41) is 6.28. The number of hydrogen-bond donors (Lipinski definition) is 2. The first-order chi connectivity index (χ1) is 7.34. The molecule has 1 rings (SSSR count). The van der Waals surface area contributed by atoms with Crippen LogP contribution in [0.15, 0.2) is 0 Å². The van der Waals surface area contributed by atoms with E-state index in [1.807, 2.05) is 11.8 Å². The van der Waals surface area contributed by atoms with Crippen LogP contribution in [0.25, 0.3) is 0 Å².